The van der Waals surface area contributed by atoms with Gasteiger partial charge in [0, 0.05) is 22.4 Å². The number of aromatic hydroxyl groups is 1. The van der Waals surface area contributed by atoms with E-state index >= 15 is 0 Å². The van der Waals surface area contributed by atoms with E-state index in [1.165, 1.54) is 5.56 Å². The van der Waals surface area contributed by atoms with E-state index in [0.29, 0.717) is 28.3 Å². The van der Waals surface area contributed by atoms with Crippen LogP contribution in [-0.2, 0) is 6.42 Å². The van der Waals surface area contributed by atoms with Crippen molar-refractivity contribution in [2.75, 3.05) is 0 Å². The predicted octanol–water partition coefficient (Wildman–Crippen LogP) is 9.47. The van der Waals surface area contributed by atoms with Crippen LogP contribution in [0.5, 0.6) is 5.75 Å². The van der Waals surface area contributed by atoms with E-state index in [1.54, 1.807) is 6.21 Å². The molecule has 0 aliphatic carbocycles. The Kier molecular flexibility index (Phi) is 7.45. The molecule has 4 nitrogen and oxygen atoms in total. The van der Waals surface area contributed by atoms with Crippen molar-refractivity contribution in [1.82, 2.24) is 4.98 Å². The quantitative estimate of drug-likeness (QED) is 0.197. The van der Waals surface area contributed by atoms with Gasteiger partial charge in [0.25, 0.3) is 0 Å². The van der Waals surface area contributed by atoms with Crippen molar-refractivity contribution >= 4 is 50.5 Å². The van der Waals surface area contributed by atoms with Crippen LogP contribution < -0.4 is 0 Å². The number of phenolic OH excluding ortho intramolecular Hbond substituents is 1. The van der Waals surface area contributed by atoms with Crippen LogP contribution in [0.3, 0.4) is 0 Å². The molecule has 1 N–H and O–H groups in total. The minimum Gasteiger partial charge on any atom is -0.506 e. The van der Waals surface area contributed by atoms with E-state index in [2.05, 4.69) is 46.9 Å². The van der Waals surface area contributed by atoms with Gasteiger partial charge < -0.3 is 9.52 Å². The highest BCUT2D eigenvalue weighted by Gasteiger charge is 2.12. The zero-order chi connectivity index (χ0) is 25.9. The second-order valence-corrected chi connectivity index (χ2v) is 10.4. The molecule has 1 aromatic heterocycles. The first-order valence-electron chi connectivity index (χ1n) is 12.2. The fourth-order valence-electron chi connectivity index (χ4n) is 4.19. The van der Waals surface area contributed by atoms with Crippen LogP contribution in [0, 0.1) is 0 Å². The maximum Gasteiger partial charge on any atom is 0.227 e. The number of phenols is 1. The molecular weight excluding hydrogens is 548 g/mol. The third-order valence-electron chi connectivity index (χ3n) is 6.57. The first-order valence-corrected chi connectivity index (χ1v) is 13.4. The van der Waals surface area contributed by atoms with Gasteiger partial charge in [-0.1, -0.05) is 49.7 Å². The third-order valence-corrected chi connectivity index (χ3v) is 7.54. The van der Waals surface area contributed by atoms with Crippen LogP contribution in [0.15, 0.2) is 92.7 Å². The SMILES string of the molecule is CC[C@@H](C)c1ccc2oc(-c3ccc(N=Cc4cc(Cc5ccccc5Cl)cc(Br)c4O)cc3)nc2c1. The number of benzene rings is 4. The highest BCUT2D eigenvalue weighted by Crippen LogP contribution is 2.32. The minimum absolute atomic E-state index is 0.145. The van der Waals surface area contributed by atoms with Gasteiger partial charge in [-0.3, -0.25) is 4.99 Å². The van der Waals surface area contributed by atoms with Gasteiger partial charge in [-0.2, -0.15) is 0 Å². The number of fused-ring (bicyclic) bond motifs is 1. The predicted molar refractivity (Wildman–Crippen MR) is 155 cm³/mol. The van der Waals surface area contributed by atoms with Gasteiger partial charge in [-0.15, -0.1) is 0 Å². The van der Waals surface area contributed by atoms with E-state index in [9.17, 15) is 5.11 Å². The summed E-state index contributed by atoms with van der Waals surface area (Å²) in [5, 5.41) is 11.3. The molecule has 1 heterocycles. The topological polar surface area (TPSA) is 58.6 Å². The molecule has 1 atom stereocenters. The number of halogens is 2. The molecule has 0 saturated heterocycles. The maximum atomic E-state index is 10.6. The average Bonchev–Trinajstić information content (AvgIpc) is 3.34. The van der Waals surface area contributed by atoms with Crippen molar-refractivity contribution in [2.24, 2.45) is 4.99 Å². The standard InChI is InChI=1S/C31H26BrClN2O2/c1-3-19(2)22-10-13-29-28(17-22)35-31(37-29)21-8-11-25(12-9-21)34-18-24-15-20(16-26(32)30(24)36)14-23-6-4-5-7-27(23)33/h4-13,15-19,36H,3,14H2,1-2H3/t19-/m1/s1. The number of rotatable bonds is 7. The number of oxazole rings is 1. The van der Waals surface area contributed by atoms with Crippen LogP contribution >= 0.6 is 27.5 Å². The summed E-state index contributed by atoms with van der Waals surface area (Å²) in [4.78, 5) is 9.28. The Balaban J connectivity index is 1.36. The third kappa shape index (κ3) is 5.63. The minimum atomic E-state index is 0.145. The largest absolute Gasteiger partial charge is 0.506 e. The fraction of sp³-hybridized carbons (Fsp3) is 0.161. The summed E-state index contributed by atoms with van der Waals surface area (Å²) in [6, 6.07) is 25.5. The van der Waals surface area contributed by atoms with Gasteiger partial charge in [-0.25, -0.2) is 4.98 Å². The Morgan fingerprint density at radius 3 is 2.59 bits per heavy atom. The van der Waals surface area contributed by atoms with Crippen LogP contribution in [0.25, 0.3) is 22.6 Å². The van der Waals surface area contributed by atoms with Crippen LogP contribution in [0.1, 0.15) is 48.4 Å². The lowest BCUT2D eigenvalue weighted by Crippen LogP contribution is -1.93. The summed E-state index contributed by atoms with van der Waals surface area (Å²) >= 11 is 9.79. The van der Waals surface area contributed by atoms with E-state index in [1.807, 2.05) is 66.7 Å². The Morgan fingerprint density at radius 2 is 1.84 bits per heavy atom. The van der Waals surface area contributed by atoms with Crippen molar-refractivity contribution in [3.8, 4) is 17.2 Å². The zero-order valence-corrected chi connectivity index (χ0v) is 22.9. The molecule has 0 amide bonds. The van der Waals surface area contributed by atoms with E-state index in [0.717, 1.165) is 44.9 Å². The molecule has 0 unspecified atom stereocenters. The Labute approximate surface area is 229 Å². The van der Waals surface area contributed by atoms with Crippen LogP contribution in [-0.4, -0.2) is 16.3 Å². The summed E-state index contributed by atoms with van der Waals surface area (Å²) in [6.07, 6.45) is 3.40. The molecule has 186 valence electrons. The fourth-order valence-corrected chi connectivity index (χ4v) is 4.91. The lowest BCUT2D eigenvalue weighted by molar-refractivity contribution is 0.471. The summed E-state index contributed by atoms with van der Waals surface area (Å²) < 4.78 is 6.61. The molecule has 5 aromatic rings. The number of nitrogens with zero attached hydrogens (tertiary/aromatic N) is 2. The maximum absolute atomic E-state index is 10.6. The molecule has 6 heteroatoms. The summed E-state index contributed by atoms with van der Waals surface area (Å²) in [5.74, 6) is 1.21. The monoisotopic (exact) mass is 572 g/mol. The average molecular weight is 574 g/mol. The molecule has 0 spiro atoms. The van der Waals surface area contributed by atoms with E-state index < -0.39 is 0 Å². The Morgan fingerprint density at radius 1 is 1.05 bits per heavy atom. The van der Waals surface area contributed by atoms with Gasteiger partial charge in [0.05, 0.1) is 10.2 Å². The molecule has 0 fully saturated rings. The molecule has 5 rings (SSSR count). The van der Waals surface area contributed by atoms with Gasteiger partial charge in [0.1, 0.15) is 11.3 Å². The first-order chi connectivity index (χ1) is 17.9. The lowest BCUT2D eigenvalue weighted by atomic mass is 9.98. The highest BCUT2D eigenvalue weighted by molar-refractivity contribution is 9.10. The smallest absolute Gasteiger partial charge is 0.227 e. The number of aromatic nitrogens is 1. The van der Waals surface area contributed by atoms with Gasteiger partial charge >= 0.3 is 0 Å². The van der Waals surface area contributed by atoms with E-state index in [4.69, 9.17) is 21.0 Å². The molecule has 0 aliphatic heterocycles. The zero-order valence-electron chi connectivity index (χ0n) is 20.6. The molecule has 0 bridgehead atoms. The van der Waals surface area contributed by atoms with Gasteiger partial charge in [-0.05, 0) is 106 Å². The van der Waals surface area contributed by atoms with Crippen molar-refractivity contribution in [1.29, 1.82) is 0 Å². The number of hydrogen-bond acceptors (Lipinski definition) is 4. The summed E-state index contributed by atoms with van der Waals surface area (Å²) in [7, 11) is 0. The van der Waals surface area contributed by atoms with Crippen molar-refractivity contribution in [3.05, 3.63) is 111 Å². The second kappa shape index (κ2) is 10.9. The normalized spacial score (nSPS) is 12.4. The van der Waals surface area contributed by atoms with Crippen LogP contribution in [0.2, 0.25) is 5.02 Å². The molecule has 37 heavy (non-hydrogen) atoms. The van der Waals surface area contributed by atoms with E-state index in [-0.39, 0.29) is 5.75 Å². The number of hydrogen-bond donors (Lipinski definition) is 1. The lowest BCUT2D eigenvalue weighted by Gasteiger charge is -2.09. The molecule has 4 aromatic carbocycles. The molecule has 0 saturated carbocycles. The second-order valence-electron chi connectivity index (χ2n) is 9.14. The highest BCUT2D eigenvalue weighted by atomic mass is 79.9. The van der Waals surface area contributed by atoms with Crippen molar-refractivity contribution in [2.45, 2.75) is 32.6 Å². The summed E-state index contributed by atoms with van der Waals surface area (Å²) in [5.41, 5.74) is 7.22. The molecular formula is C31H26BrClN2O2. The first kappa shape index (κ1) is 25.2. The van der Waals surface area contributed by atoms with Crippen molar-refractivity contribution in [3.63, 3.8) is 0 Å². The molecule has 0 radical (unpaired) electrons. The van der Waals surface area contributed by atoms with Crippen molar-refractivity contribution < 1.29 is 9.52 Å². The Bertz CT molecular complexity index is 1590. The van der Waals surface area contributed by atoms with Gasteiger partial charge in [0.15, 0.2) is 5.58 Å². The molecule has 0 aliphatic rings. The number of aliphatic imine (C=N–C) groups is 1. The van der Waals surface area contributed by atoms with Crippen LogP contribution in [0.4, 0.5) is 5.69 Å². The summed E-state index contributed by atoms with van der Waals surface area (Å²) in [6.45, 7) is 4.40. The Hall–Kier alpha value is -3.41. The van der Waals surface area contributed by atoms with Gasteiger partial charge in [0.2, 0.25) is 5.89 Å².